The van der Waals surface area contributed by atoms with Gasteiger partial charge in [0.25, 0.3) is 5.91 Å². The van der Waals surface area contributed by atoms with E-state index in [4.69, 9.17) is 16.3 Å². The zero-order chi connectivity index (χ0) is 22.7. The van der Waals surface area contributed by atoms with E-state index >= 15 is 0 Å². The molecule has 1 amide bonds. The molecular weight excluding hydrogens is 469 g/mol. The number of alkyl halides is 3. The second-order valence-corrected chi connectivity index (χ2v) is 10.7. The summed E-state index contributed by atoms with van der Waals surface area (Å²) in [5.74, 6) is -0.279. The van der Waals surface area contributed by atoms with E-state index < -0.39 is 12.5 Å². The van der Waals surface area contributed by atoms with E-state index in [1.807, 2.05) is 6.07 Å². The number of hydrogen-bond donors (Lipinski definition) is 1. The van der Waals surface area contributed by atoms with Gasteiger partial charge in [0, 0.05) is 29.8 Å². The lowest BCUT2D eigenvalue weighted by Crippen LogP contribution is -2.75. The van der Waals surface area contributed by atoms with Crippen molar-refractivity contribution in [2.75, 3.05) is 6.61 Å². The van der Waals surface area contributed by atoms with Gasteiger partial charge in [0.2, 0.25) is 0 Å². The van der Waals surface area contributed by atoms with Crippen LogP contribution in [0.5, 0.6) is 0 Å². The van der Waals surface area contributed by atoms with Crippen LogP contribution in [0.15, 0.2) is 18.2 Å². The van der Waals surface area contributed by atoms with Crippen molar-refractivity contribution in [3.63, 3.8) is 0 Å². The predicted molar refractivity (Wildman–Crippen MR) is 111 cm³/mol. The second kappa shape index (κ2) is 7.65. The summed E-state index contributed by atoms with van der Waals surface area (Å²) in [6, 6.07) is 5.32. The minimum Gasteiger partial charge on any atom is -0.370 e. The molecule has 6 rings (SSSR count). The number of carbonyl (C=O) groups is 2. The maximum Gasteiger partial charge on any atom is 0.522 e. The van der Waals surface area contributed by atoms with E-state index in [0.29, 0.717) is 22.0 Å². The van der Waals surface area contributed by atoms with E-state index in [9.17, 15) is 22.8 Å². The van der Waals surface area contributed by atoms with Crippen molar-refractivity contribution in [2.45, 2.75) is 62.6 Å². The van der Waals surface area contributed by atoms with Crippen LogP contribution in [0, 0.1) is 5.41 Å². The second-order valence-electron chi connectivity index (χ2n) is 9.20. The van der Waals surface area contributed by atoms with Gasteiger partial charge in [-0.1, -0.05) is 11.6 Å². The first-order valence-corrected chi connectivity index (χ1v) is 11.5. The van der Waals surface area contributed by atoms with Gasteiger partial charge in [-0.2, -0.15) is 0 Å². The molecule has 0 radical (unpaired) electrons. The Labute approximate surface area is 190 Å². The number of aromatic nitrogens is 1. The molecule has 11 heteroatoms. The average Bonchev–Trinajstić information content (AvgIpc) is 3.02. The number of ketones is 1. The molecule has 1 aromatic carbocycles. The minimum atomic E-state index is -4.64. The van der Waals surface area contributed by atoms with E-state index in [0.717, 1.165) is 24.0 Å². The van der Waals surface area contributed by atoms with E-state index in [-0.39, 0.29) is 48.2 Å². The number of carbonyl (C=O) groups excluding carboxylic acids is 2. The number of rotatable bonds is 8. The Morgan fingerprint density at radius 3 is 2.62 bits per heavy atom. The number of thiazole rings is 1. The monoisotopic (exact) mass is 488 g/mol. The van der Waals surface area contributed by atoms with Gasteiger partial charge >= 0.3 is 6.36 Å². The molecule has 4 fully saturated rings. The molecule has 0 saturated heterocycles. The molecule has 0 atom stereocenters. The summed E-state index contributed by atoms with van der Waals surface area (Å²) in [6.07, 6.45) is -3.04. The Morgan fingerprint density at radius 2 is 1.94 bits per heavy atom. The van der Waals surface area contributed by atoms with Crippen LogP contribution in [0.2, 0.25) is 5.02 Å². The van der Waals surface area contributed by atoms with Crippen LogP contribution < -0.4 is 5.32 Å². The van der Waals surface area contributed by atoms with Crippen LogP contribution in [0.3, 0.4) is 0 Å². The maximum atomic E-state index is 12.6. The third-order valence-electron chi connectivity index (χ3n) is 6.47. The molecule has 0 spiro atoms. The molecule has 32 heavy (non-hydrogen) atoms. The van der Waals surface area contributed by atoms with Crippen LogP contribution in [0.4, 0.5) is 13.2 Å². The van der Waals surface area contributed by atoms with E-state index in [1.165, 1.54) is 11.3 Å². The number of ether oxygens (including phenoxy) is 2. The summed E-state index contributed by atoms with van der Waals surface area (Å²) in [4.78, 5) is 29.2. The summed E-state index contributed by atoms with van der Waals surface area (Å²) in [5, 5.41) is 4.02. The summed E-state index contributed by atoms with van der Waals surface area (Å²) in [7, 11) is 0. The fourth-order valence-electron chi connectivity index (χ4n) is 5.23. The number of halogens is 4. The van der Waals surface area contributed by atoms with E-state index in [2.05, 4.69) is 15.0 Å². The molecule has 0 aliphatic heterocycles. The molecule has 1 heterocycles. The molecule has 6 nitrogen and oxygen atoms in total. The van der Waals surface area contributed by atoms with Gasteiger partial charge in [0.1, 0.15) is 6.61 Å². The normalized spacial score (nSPS) is 30.9. The van der Waals surface area contributed by atoms with Crippen molar-refractivity contribution in [1.29, 1.82) is 0 Å². The van der Waals surface area contributed by atoms with Gasteiger partial charge in [0.05, 0.1) is 22.4 Å². The third-order valence-corrected chi connectivity index (χ3v) is 7.74. The molecular formula is C21H20ClF3N2O4S. The van der Waals surface area contributed by atoms with E-state index in [1.54, 1.807) is 12.1 Å². The van der Waals surface area contributed by atoms with Gasteiger partial charge in [-0.05, 0) is 42.9 Å². The topological polar surface area (TPSA) is 77.5 Å². The highest BCUT2D eigenvalue weighted by Crippen LogP contribution is 2.69. The Kier molecular flexibility index (Phi) is 5.27. The van der Waals surface area contributed by atoms with Crippen molar-refractivity contribution in [1.82, 2.24) is 10.3 Å². The molecule has 2 bridgehead atoms. The van der Waals surface area contributed by atoms with Crippen LogP contribution in [0.25, 0.3) is 10.2 Å². The number of hydrogen-bond acceptors (Lipinski definition) is 6. The van der Waals surface area contributed by atoms with Gasteiger partial charge in [-0.3, -0.25) is 14.3 Å². The SMILES string of the molecule is O=C(COC1CC(OC(F)(F)F)C1)CC12CC(NC(=O)c3nc4cc(Cl)ccc4s3)(C1)C2. The quantitative estimate of drug-likeness (QED) is 0.585. The number of nitrogens with zero attached hydrogens (tertiary/aromatic N) is 1. The molecule has 1 aromatic heterocycles. The molecule has 4 saturated carbocycles. The van der Waals surface area contributed by atoms with Crippen molar-refractivity contribution in [3.8, 4) is 0 Å². The van der Waals surface area contributed by atoms with Gasteiger partial charge in [0.15, 0.2) is 10.8 Å². The van der Waals surface area contributed by atoms with Crippen LogP contribution in [-0.2, 0) is 14.3 Å². The first kappa shape index (κ1) is 22.1. The zero-order valence-electron chi connectivity index (χ0n) is 16.8. The third kappa shape index (κ3) is 4.37. The minimum absolute atomic E-state index is 0.0622. The van der Waals surface area contributed by atoms with Gasteiger partial charge in [-0.15, -0.1) is 24.5 Å². The van der Waals surface area contributed by atoms with Gasteiger partial charge in [-0.25, -0.2) is 4.98 Å². The van der Waals surface area contributed by atoms with Crippen molar-refractivity contribution in [3.05, 3.63) is 28.2 Å². The standard InChI is InChI=1S/C21H20ClF3N2O4S/c22-11-1-2-16-15(3-11)26-18(32-16)17(29)27-20-8-19(9-20,10-20)6-12(28)7-30-13-4-14(5-13)31-21(23,24)25/h1-3,13-14H,4-10H2,(H,27,29). The first-order chi connectivity index (χ1) is 15.0. The first-order valence-electron chi connectivity index (χ1n) is 10.3. The Morgan fingerprint density at radius 1 is 1.22 bits per heavy atom. The molecule has 4 aliphatic rings. The highest BCUT2D eigenvalue weighted by molar-refractivity contribution is 7.20. The van der Waals surface area contributed by atoms with Crippen molar-refractivity contribution < 1.29 is 32.2 Å². The van der Waals surface area contributed by atoms with Crippen molar-refractivity contribution in [2.24, 2.45) is 5.41 Å². The highest BCUT2D eigenvalue weighted by Gasteiger charge is 2.68. The predicted octanol–water partition coefficient (Wildman–Crippen LogP) is 4.65. The summed E-state index contributed by atoms with van der Waals surface area (Å²) in [6.45, 7) is -0.0984. The highest BCUT2D eigenvalue weighted by atomic mass is 35.5. The molecule has 0 unspecified atom stereocenters. The van der Waals surface area contributed by atoms with Crippen LogP contribution in [-0.4, -0.2) is 47.4 Å². The number of Topliss-reactive ketones (excluding diaryl/α,β-unsaturated/α-hetero) is 1. The maximum absolute atomic E-state index is 12.6. The fraction of sp³-hybridized carbons (Fsp3) is 0.571. The molecule has 4 aliphatic carbocycles. The molecule has 2 aromatic rings. The Hall–Kier alpha value is -1.75. The smallest absolute Gasteiger partial charge is 0.370 e. The molecule has 172 valence electrons. The average molecular weight is 489 g/mol. The summed E-state index contributed by atoms with van der Waals surface area (Å²) >= 11 is 7.28. The molecule has 1 N–H and O–H groups in total. The lowest BCUT2D eigenvalue weighted by molar-refractivity contribution is -0.357. The Bertz CT molecular complexity index is 1060. The summed E-state index contributed by atoms with van der Waals surface area (Å²) < 4.78 is 46.6. The van der Waals surface area contributed by atoms with Crippen molar-refractivity contribution >= 4 is 44.8 Å². The van der Waals surface area contributed by atoms with Crippen LogP contribution in [0.1, 0.15) is 48.3 Å². The number of fused-ring (bicyclic) bond motifs is 1. The lowest BCUT2D eigenvalue weighted by Gasteiger charge is -2.70. The fourth-order valence-corrected chi connectivity index (χ4v) is 6.24. The zero-order valence-corrected chi connectivity index (χ0v) is 18.4. The number of benzene rings is 1. The lowest BCUT2D eigenvalue weighted by atomic mass is 9.38. The number of amides is 1. The largest absolute Gasteiger partial charge is 0.522 e. The van der Waals surface area contributed by atoms with Crippen LogP contribution >= 0.6 is 22.9 Å². The summed E-state index contributed by atoms with van der Waals surface area (Å²) in [5.41, 5.74) is 0.315. The van der Waals surface area contributed by atoms with Gasteiger partial charge < -0.3 is 10.1 Å². The Balaban J connectivity index is 1.04. The number of nitrogens with one attached hydrogen (secondary N) is 1.